The topological polar surface area (TPSA) is 41.8 Å². The van der Waals surface area contributed by atoms with Gasteiger partial charge in [-0.15, -0.1) is 0 Å². The van der Waals surface area contributed by atoms with E-state index in [0.29, 0.717) is 11.8 Å². The van der Waals surface area contributed by atoms with Gasteiger partial charge in [0, 0.05) is 11.1 Å². The van der Waals surface area contributed by atoms with Crippen LogP contribution in [0, 0.1) is 5.92 Å². The molecule has 1 aliphatic rings. The molecule has 4 rings (SSSR count). The van der Waals surface area contributed by atoms with Crippen molar-refractivity contribution in [2.75, 3.05) is 0 Å². The van der Waals surface area contributed by atoms with Crippen LogP contribution in [-0.2, 0) is 10.3 Å². The third-order valence-corrected chi connectivity index (χ3v) is 5.89. The summed E-state index contributed by atoms with van der Waals surface area (Å²) in [6, 6.07) is 27.5. The van der Waals surface area contributed by atoms with Gasteiger partial charge in [0.25, 0.3) is 0 Å². The average Bonchev–Trinajstić information content (AvgIpc) is 3.10. The smallest absolute Gasteiger partial charge is 0.217 e. The molecule has 1 N–H and O–H groups in total. The lowest BCUT2D eigenvalue weighted by atomic mass is 9.78. The summed E-state index contributed by atoms with van der Waals surface area (Å²) in [5.41, 5.74) is 1.48. The SMILES string of the molecule is CC(C)[C@@H]1N=C(c2ccccc2C(O)(c2ccccc2)c2ccccc2)OC1(C)C. The molecule has 0 amide bonds. The fourth-order valence-electron chi connectivity index (χ4n) is 4.52. The van der Waals surface area contributed by atoms with E-state index < -0.39 is 11.2 Å². The minimum atomic E-state index is -1.33. The summed E-state index contributed by atoms with van der Waals surface area (Å²) < 4.78 is 6.36. The highest BCUT2D eigenvalue weighted by molar-refractivity contribution is 5.97. The molecular formula is C27H29NO2. The average molecular weight is 400 g/mol. The minimum absolute atomic E-state index is 0.0575. The second-order valence-corrected chi connectivity index (χ2v) is 8.82. The lowest BCUT2D eigenvalue weighted by Gasteiger charge is -2.32. The molecule has 0 aliphatic carbocycles. The zero-order valence-corrected chi connectivity index (χ0v) is 18.0. The highest BCUT2D eigenvalue weighted by Gasteiger charge is 2.43. The largest absolute Gasteiger partial charge is 0.469 e. The molecular weight excluding hydrogens is 370 g/mol. The molecule has 3 aromatic carbocycles. The van der Waals surface area contributed by atoms with Crippen LogP contribution in [-0.4, -0.2) is 22.6 Å². The van der Waals surface area contributed by atoms with Crippen LogP contribution < -0.4 is 0 Å². The van der Waals surface area contributed by atoms with Crippen molar-refractivity contribution >= 4 is 5.90 Å². The predicted octanol–water partition coefficient (Wildman–Crippen LogP) is 5.55. The van der Waals surface area contributed by atoms with E-state index in [1.807, 2.05) is 84.9 Å². The lowest BCUT2D eigenvalue weighted by molar-refractivity contribution is 0.0804. The van der Waals surface area contributed by atoms with Crippen LogP contribution in [0.1, 0.15) is 49.9 Å². The maximum absolute atomic E-state index is 12.3. The Labute approximate surface area is 179 Å². The van der Waals surface area contributed by atoms with Crippen molar-refractivity contribution in [1.29, 1.82) is 0 Å². The molecule has 1 atom stereocenters. The Morgan fingerprint density at radius 3 is 1.83 bits per heavy atom. The fourth-order valence-corrected chi connectivity index (χ4v) is 4.52. The van der Waals surface area contributed by atoms with Gasteiger partial charge in [0.2, 0.25) is 5.90 Å². The van der Waals surface area contributed by atoms with E-state index >= 15 is 0 Å². The Balaban J connectivity index is 1.93. The first-order chi connectivity index (χ1) is 14.3. The first-order valence-electron chi connectivity index (χ1n) is 10.5. The second kappa shape index (κ2) is 7.73. The van der Waals surface area contributed by atoms with Crippen molar-refractivity contribution < 1.29 is 9.84 Å². The molecule has 3 heteroatoms. The van der Waals surface area contributed by atoms with Crippen molar-refractivity contribution in [2.24, 2.45) is 10.9 Å². The van der Waals surface area contributed by atoms with E-state index in [0.717, 1.165) is 22.3 Å². The number of aliphatic imine (C=N–C) groups is 1. The summed E-state index contributed by atoms with van der Waals surface area (Å²) >= 11 is 0. The van der Waals surface area contributed by atoms with Gasteiger partial charge in [0.1, 0.15) is 11.2 Å². The van der Waals surface area contributed by atoms with Gasteiger partial charge in [0.15, 0.2) is 0 Å². The van der Waals surface area contributed by atoms with Gasteiger partial charge in [-0.05, 0) is 37.0 Å². The van der Waals surface area contributed by atoms with Gasteiger partial charge in [-0.2, -0.15) is 0 Å². The van der Waals surface area contributed by atoms with Gasteiger partial charge < -0.3 is 9.84 Å². The minimum Gasteiger partial charge on any atom is -0.469 e. The number of aliphatic hydroxyl groups is 1. The van der Waals surface area contributed by atoms with Gasteiger partial charge in [-0.1, -0.05) is 92.7 Å². The number of benzene rings is 3. The van der Waals surface area contributed by atoms with Crippen LogP contribution in [0.3, 0.4) is 0 Å². The first-order valence-corrected chi connectivity index (χ1v) is 10.5. The van der Waals surface area contributed by atoms with E-state index in [1.54, 1.807) is 0 Å². The molecule has 1 heterocycles. The summed E-state index contributed by atoms with van der Waals surface area (Å²) in [4.78, 5) is 4.96. The molecule has 3 aromatic rings. The molecule has 3 nitrogen and oxygen atoms in total. The number of rotatable bonds is 5. The van der Waals surface area contributed by atoms with Crippen molar-refractivity contribution in [3.8, 4) is 0 Å². The molecule has 0 radical (unpaired) electrons. The standard InChI is InChI=1S/C27H29NO2/c1-19(2)24-26(3,4)30-25(28-24)22-17-11-12-18-23(22)27(29,20-13-7-5-8-14-20)21-15-9-6-10-16-21/h5-19,24,29H,1-4H3/t24-/m0/s1. The van der Waals surface area contributed by atoms with Gasteiger partial charge in [-0.3, -0.25) is 0 Å². The van der Waals surface area contributed by atoms with Crippen LogP contribution >= 0.6 is 0 Å². The molecule has 0 saturated heterocycles. The molecule has 0 spiro atoms. The maximum Gasteiger partial charge on any atom is 0.217 e. The normalized spacial score (nSPS) is 18.2. The maximum atomic E-state index is 12.3. The van der Waals surface area contributed by atoms with Gasteiger partial charge in [-0.25, -0.2) is 4.99 Å². The van der Waals surface area contributed by atoms with Crippen LogP contribution in [0.15, 0.2) is 89.9 Å². The van der Waals surface area contributed by atoms with E-state index in [2.05, 4.69) is 27.7 Å². The van der Waals surface area contributed by atoms with Gasteiger partial charge in [0.05, 0.1) is 6.04 Å². The van der Waals surface area contributed by atoms with Gasteiger partial charge >= 0.3 is 0 Å². The highest BCUT2D eigenvalue weighted by Crippen LogP contribution is 2.40. The molecule has 0 fully saturated rings. The van der Waals surface area contributed by atoms with E-state index in [9.17, 15) is 5.11 Å². The Kier molecular flexibility index (Phi) is 5.25. The molecule has 30 heavy (non-hydrogen) atoms. The number of ether oxygens (including phenoxy) is 1. The van der Waals surface area contributed by atoms with Crippen molar-refractivity contribution in [1.82, 2.24) is 0 Å². The molecule has 0 aromatic heterocycles. The summed E-state index contributed by atoms with van der Waals surface area (Å²) in [6.07, 6.45) is 0. The summed E-state index contributed by atoms with van der Waals surface area (Å²) in [6.45, 7) is 8.49. The molecule has 0 unspecified atom stereocenters. The summed E-state index contributed by atoms with van der Waals surface area (Å²) in [5.74, 6) is 0.950. The zero-order valence-electron chi connectivity index (χ0n) is 18.0. The second-order valence-electron chi connectivity index (χ2n) is 8.82. The molecule has 0 bridgehead atoms. The van der Waals surface area contributed by atoms with E-state index in [-0.39, 0.29) is 6.04 Å². The van der Waals surface area contributed by atoms with E-state index in [4.69, 9.17) is 9.73 Å². The van der Waals surface area contributed by atoms with E-state index in [1.165, 1.54) is 0 Å². The molecule has 1 aliphatic heterocycles. The summed E-state index contributed by atoms with van der Waals surface area (Å²) in [7, 11) is 0. The van der Waals surface area contributed by atoms with Crippen molar-refractivity contribution in [2.45, 2.75) is 44.9 Å². The first kappa shape index (κ1) is 20.4. The van der Waals surface area contributed by atoms with Crippen LogP contribution in [0.25, 0.3) is 0 Å². The van der Waals surface area contributed by atoms with Crippen LogP contribution in [0.4, 0.5) is 0 Å². The Morgan fingerprint density at radius 1 is 0.833 bits per heavy atom. The number of hydrogen-bond donors (Lipinski definition) is 1. The Hall–Kier alpha value is -2.91. The lowest BCUT2D eigenvalue weighted by Crippen LogP contribution is -2.37. The highest BCUT2D eigenvalue weighted by atomic mass is 16.5. The van der Waals surface area contributed by atoms with Crippen LogP contribution in [0.5, 0.6) is 0 Å². The summed E-state index contributed by atoms with van der Waals surface area (Å²) in [5, 5.41) is 12.3. The van der Waals surface area contributed by atoms with Crippen LogP contribution in [0.2, 0.25) is 0 Å². The third kappa shape index (κ3) is 3.44. The number of hydrogen-bond acceptors (Lipinski definition) is 3. The third-order valence-electron chi connectivity index (χ3n) is 5.89. The quantitative estimate of drug-likeness (QED) is 0.572. The van der Waals surface area contributed by atoms with Crippen molar-refractivity contribution in [3.63, 3.8) is 0 Å². The molecule has 154 valence electrons. The van der Waals surface area contributed by atoms with Crippen molar-refractivity contribution in [3.05, 3.63) is 107 Å². The Bertz CT molecular complexity index is 999. The molecule has 0 saturated carbocycles. The predicted molar refractivity (Wildman–Crippen MR) is 122 cm³/mol. The number of nitrogens with zero attached hydrogens (tertiary/aromatic N) is 1. The zero-order chi connectivity index (χ0) is 21.4. The fraction of sp³-hybridized carbons (Fsp3) is 0.296. The monoisotopic (exact) mass is 399 g/mol. The Morgan fingerprint density at radius 2 is 1.33 bits per heavy atom.